The molecule has 3 aromatic rings. The highest BCUT2D eigenvalue weighted by Crippen LogP contribution is 2.31. The predicted octanol–water partition coefficient (Wildman–Crippen LogP) is 3.96. The Kier molecular flexibility index (Phi) is 3.09. The molecule has 98 valence electrons. The normalized spacial score (nSPS) is 10.4. The van der Waals surface area contributed by atoms with E-state index in [4.69, 9.17) is 10.5 Å². The van der Waals surface area contributed by atoms with Crippen LogP contribution in [-0.4, -0.2) is 6.09 Å². The van der Waals surface area contributed by atoms with Crippen LogP contribution >= 0.6 is 0 Å². The van der Waals surface area contributed by atoms with Gasteiger partial charge in [0.25, 0.3) is 0 Å². The fourth-order valence-electron chi connectivity index (χ4n) is 2.26. The Morgan fingerprint density at radius 2 is 1.55 bits per heavy atom. The van der Waals surface area contributed by atoms with Crippen LogP contribution in [0.4, 0.5) is 4.79 Å². The second-order valence-electron chi connectivity index (χ2n) is 4.48. The van der Waals surface area contributed by atoms with Crippen molar-refractivity contribution in [2.24, 2.45) is 5.73 Å². The highest BCUT2D eigenvalue weighted by Gasteiger charge is 2.08. The van der Waals surface area contributed by atoms with Crippen LogP contribution < -0.4 is 10.5 Å². The van der Waals surface area contributed by atoms with Gasteiger partial charge < -0.3 is 10.5 Å². The van der Waals surface area contributed by atoms with Gasteiger partial charge >= 0.3 is 6.09 Å². The molecule has 3 aromatic carbocycles. The number of hydrogen-bond acceptors (Lipinski definition) is 2. The number of primary amides is 1. The molecule has 20 heavy (non-hydrogen) atoms. The van der Waals surface area contributed by atoms with Crippen molar-refractivity contribution < 1.29 is 9.53 Å². The van der Waals surface area contributed by atoms with Gasteiger partial charge in [0.15, 0.2) is 0 Å². The topological polar surface area (TPSA) is 52.3 Å². The number of nitrogens with two attached hydrogens (primary N) is 1. The van der Waals surface area contributed by atoms with Crippen molar-refractivity contribution in [3.8, 4) is 16.9 Å². The highest BCUT2D eigenvalue weighted by atomic mass is 16.5. The smallest absolute Gasteiger partial charge is 0.409 e. The van der Waals surface area contributed by atoms with Gasteiger partial charge in [-0.05, 0) is 28.5 Å². The minimum Gasteiger partial charge on any atom is -0.410 e. The van der Waals surface area contributed by atoms with E-state index in [1.54, 1.807) is 6.07 Å². The summed E-state index contributed by atoms with van der Waals surface area (Å²) in [4.78, 5) is 11.0. The van der Waals surface area contributed by atoms with E-state index in [0.29, 0.717) is 5.75 Å². The number of amides is 1. The first kappa shape index (κ1) is 12.2. The summed E-state index contributed by atoms with van der Waals surface area (Å²) < 4.78 is 5.05. The van der Waals surface area contributed by atoms with Crippen molar-refractivity contribution in [2.45, 2.75) is 0 Å². The van der Waals surface area contributed by atoms with E-state index in [9.17, 15) is 4.79 Å². The fraction of sp³-hybridized carbons (Fsp3) is 0. The first-order chi connectivity index (χ1) is 9.74. The Hall–Kier alpha value is -2.81. The average Bonchev–Trinajstić information content (AvgIpc) is 2.47. The first-order valence-corrected chi connectivity index (χ1v) is 6.29. The van der Waals surface area contributed by atoms with Gasteiger partial charge in [-0.1, -0.05) is 54.6 Å². The van der Waals surface area contributed by atoms with Crippen molar-refractivity contribution in [3.05, 3.63) is 66.7 Å². The fourth-order valence-corrected chi connectivity index (χ4v) is 2.26. The number of fused-ring (bicyclic) bond motifs is 1. The third-order valence-corrected chi connectivity index (χ3v) is 3.16. The maximum absolute atomic E-state index is 11.0. The number of para-hydroxylation sites is 1. The number of ether oxygens (including phenoxy) is 1. The summed E-state index contributed by atoms with van der Waals surface area (Å²) in [5, 5.41) is 2.31. The molecule has 0 spiro atoms. The summed E-state index contributed by atoms with van der Waals surface area (Å²) in [6, 6.07) is 21.6. The zero-order valence-electron chi connectivity index (χ0n) is 10.7. The van der Waals surface area contributed by atoms with Crippen LogP contribution in [0, 0.1) is 0 Å². The molecule has 0 unspecified atom stereocenters. The maximum Gasteiger partial charge on any atom is 0.409 e. The van der Waals surface area contributed by atoms with Gasteiger partial charge in [-0.15, -0.1) is 0 Å². The number of carbonyl (C=O) groups is 1. The van der Waals surface area contributed by atoms with Gasteiger partial charge in [0.2, 0.25) is 0 Å². The van der Waals surface area contributed by atoms with Gasteiger partial charge in [0.05, 0.1) is 0 Å². The van der Waals surface area contributed by atoms with Crippen molar-refractivity contribution in [1.82, 2.24) is 0 Å². The molecule has 3 heteroatoms. The number of rotatable bonds is 2. The Labute approximate surface area is 116 Å². The van der Waals surface area contributed by atoms with Gasteiger partial charge in [-0.2, -0.15) is 0 Å². The van der Waals surface area contributed by atoms with Crippen LogP contribution in [0.2, 0.25) is 0 Å². The molecule has 3 rings (SSSR count). The molecule has 0 radical (unpaired) electrons. The summed E-state index contributed by atoms with van der Waals surface area (Å²) in [5.74, 6) is 0.468. The minimum absolute atomic E-state index is 0.468. The summed E-state index contributed by atoms with van der Waals surface area (Å²) in [6.07, 6.45) is -0.807. The molecule has 0 heterocycles. The van der Waals surface area contributed by atoms with Crippen LogP contribution in [0.15, 0.2) is 66.7 Å². The van der Waals surface area contributed by atoms with Crippen molar-refractivity contribution in [1.29, 1.82) is 0 Å². The van der Waals surface area contributed by atoms with Crippen LogP contribution in [0.1, 0.15) is 0 Å². The van der Waals surface area contributed by atoms with Crippen molar-refractivity contribution in [3.63, 3.8) is 0 Å². The zero-order chi connectivity index (χ0) is 13.9. The number of hydrogen-bond donors (Lipinski definition) is 1. The molecule has 0 aliphatic carbocycles. The summed E-state index contributed by atoms with van der Waals surface area (Å²) in [6.45, 7) is 0. The second kappa shape index (κ2) is 5.05. The monoisotopic (exact) mass is 263 g/mol. The lowest BCUT2D eigenvalue weighted by atomic mass is 10.0. The van der Waals surface area contributed by atoms with Gasteiger partial charge in [-0.25, -0.2) is 4.79 Å². The molecule has 1 amide bonds. The van der Waals surface area contributed by atoms with Gasteiger partial charge in [0.1, 0.15) is 5.75 Å². The summed E-state index contributed by atoms with van der Waals surface area (Å²) in [7, 11) is 0. The molecule has 0 aliphatic heterocycles. The van der Waals surface area contributed by atoms with Crippen LogP contribution in [-0.2, 0) is 0 Å². The molecular formula is C17H13NO2. The number of carbonyl (C=O) groups excluding carboxylic acids is 1. The van der Waals surface area contributed by atoms with Gasteiger partial charge in [0, 0.05) is 5.56 Å². The summed E-state index contributed by atoms with van der Waals surface area (Å²) in [5.41, 5.74) is 6.93. The van der Waals surface area contributed by atoms with E-state index in [-0.39, 0.29) is 0 Å². The molecular weight excluding hydrogens is 250 g/mol. The molecule has 2 N–H and O–H groups in total. The van der Waals surface area contributed by atoms with E-state index in [1.165, 1.54) is 5.39 Å². The number of benzene rings is 3. The molecule has 0 aliphatic rings. The molecule has 0 bridgehead atoms. The third-order valence-electron chi connectivity index (χ3n) is 3.16. The standard InChI is InChI=1S/C17H13NO2/c18-17(19)20-16-8-4-3-7-15(16)14-10-9-12-5-1-2-6-13(12)11-14/h1-11H,(H2,18,19). The lowest BCUT2D eigenvalue weighted by Crippen LogP contribution is -2.16. The lowest BCUT2D eigenvalue weighted by molar-refractivity contribution is 0.211. The Morgan fingerprint density at radius 3 is 2.35 bits per heavy atom. The van der Waals surface area contributed by atoms with E-state index in [1.807, 2.05) is 42.5 Å². The van der Waals surface area contributed by atoms with Crippen LogP contribution in [0.5, 0.6) is 5.75 Å². The zero-order valence-corrected chi connectivity index (χ0v) is 10.7. The molecule has 0 saturated carbocycles. The van der Waals surface area contributed by atoms with E-state index >= 15 is 0 Å². The molecule has 3 nitrogen and oxygen atoms in total. The van der Waals surface area contributed by atoms with E-state index in [0.717, 1.165) is 16.5 Å². The summed E-state index contributed by atoms with van der Waals surface area (Å²) >= 11 is 0. The highest BCUT2D eigenvalue weighted by molar-refractivity contribution is 5.88. The van der Waals surface area contributed by atoms with E-state index in [2.05, 4.69) is 18.2 Å². The average molecular weight is 263 g/mol. The Morgan fingerprint density at radius 1 is 0.850 bits per heavy atom. The second-order valence-corrected chi connectivity index (χ2v) is 4.48. The molecule has 0 saturated heterocycles. The Bertz CT molecular complexity index is 781. The molecule has 0 aromatic heterocycles. The van der Waals surface area contributed by atoms with E-state index < -0.39 is 6.09 Å². The maximum atomic E-state index is 11.0. The quantitative estimate of drug-likeness (QED) is 0.760. The van der Waals surface area contributed by atoms with Crippen molar-refractivity contribution in [2.75, 3.05) is 0 Å². The minimum atomic E-state index is -0.807. The van der Waals surface area contributed by atoms with Crippen LogP contribution in [0.25, 0.3) is 21.9 Å². The Balaban J connectivity index is 2.13. The van der Waals surface area contributed by atoms with Crippen molar-refractivity contribution >= 4 is 16.9 Å². The third kappa shape index (κ3) is 2.34. The van der Waals surface area contributed by atoms with Gasteiger partial charge in [-0.3, -0.25) is 0 Å². The molecule has 0 fully saturated rings. The van der Waals surface area contributed by atoms with Crippen LogP contribution in [0.3, 0.4) is 0 Å². The largest absolute Gasteiger partial charge is 0.410 e. The predicted molar refractivity (Wildman–Crippen MR) is 79.6 cm³/mol. The first-order valence-electron chi connectivity index (χ1n) is 6.29. The SMILES string of the molecule is NC(=O)Oc1ccccc1-c1ccc2ccccc2c1. The molecule has 0 atom stereocenters. The lowest BCUT2D eigenvalue weighted by Gasteiger charge is -2.09.